The van der Waals surface area contributed by atoms with Crippen molar-refractivity contribution in [2.75, 3.05) is 0 Å². The molecule has 0 N–H and O–H groups in total. The number of hydrogen-bond donors (Lipinski definition) is 0. The molecule has 1 heterocycles. The van der Waals surface area contributed by atoms with E-state index in [-0.39, 0.29) is 5.82 Å². The molecule has 0 aliphatic rings. The van der Waals surface area contributed by atoms with Crippen molar-refractivity contribution >= 4 is 17.9 Å². The maximum atomic E-state index is 12.8. The summed E-state index contributed by atoms with van der Waals surface area (Å²) >= 11 is 5.87. The van der Waals surface area contributed by atoms with Crippen LogP contribution in [0.2, 0.25) is 5.02 Å². The first-order chi connectivity index (χ1) is 7.69. The second-order valence-electron chi connectivity index (χ2n) is 3.32. The van der Waals surface area contributed by atoms with E-state index in [1.165, 1.54) is 18.3 Å². The van der Waals surface area contributed by atoms with Gasteiger partial charge < -0.3 is 0 Å². The molecule has 0 amide bonds. The molecular weight excluding hydrogens is 231 g/mol. The fourth-order valence-electron chi connectivity index (χ4n) is 1.35. The van der Waals surface area contributed by atoms with Crippen LogP contribution in [0, 0.1) is 5.82 Å². The molecule has 0 bridgehead atoms. The van der Waals surface area contributed by atoms with E-state index in [1.54, 1.807) is 16.9 Å². The Bertz CT molecular complexity index is 524. The quantitative estimate of drug-likeness (QED) is 0.771. The molecule has 3 nitrogen and oxygen atoms in total. The number of carbonyl (C=O) groups is 1. The third-order valence-electron chi connectivity index (χ3n) is 2.14. The normalized spacial score (nSPS) is 10.4. The smallest absolute Gasteiger partial charge is 0.153 e. The van der Waals surface area contributed by atoms with Crippen molar-refractivity contribution in [1.29, 1.82) is 0 Å². The van der Waals surface area contributed by atoms with Crippen molar-refractivity contribution in [2.45, 2.75) is 6.54 Å². The minimum Gasteiger partial charge on any atom is -0.298 e. The van der Waals surface area contributed by atoms with E-state index in [0.717, 1.165) is 11.8 Å². The summed E-state index contributed by atoms with van der Waals surface area (Å²) in [7, 11) is 0. The molecule has 5 heteroatoms. The van der Waals surface area contributed by atoms with E-state index in [0.29, 0.717) is 17.1 Å². The Kier molecular flexibility index (Phi) is 3.01. The first-order valence-electron chi connectivity index (χ1n) is 4.60. The Morgan fingerprint density at radius 1 is 1.50 bits per heavy atom. The second kappa shape index (κ2) is 4.45. The van der Waals surface area contributed by atoms with E-state index in [2.05, 4.69) is 5.10 Å². The van der Waals surface area contributed by atoms with Crippen LogP contribution in [-0.2, 0) is 6.54 Å². The van der Waals surface area contributed by atoms with Gasteiger partial charge in [-0.25, -0.2) is 4.39 Å². The lowest BCUT2D eigenvalue weighted by Crippen LogP contribution is -2.00. The number of halogens is 2. The highest BCUT2D eigenvalue weighted by Crippen LogP contribution is 2.18. The molecule has 0 spiro atoms. The highest BCUT2D eigenvalue weighted by atomic mass is 35.5. The molecular formula is C11H8ClFN2O. The lowest BCUT2D eigenvalue weighted by molar-refractivity contribution is 0.112. The monoisotopic (exact) mass is 238 g/mol. The molecule has 0 fully saturated rings. The van der Waals surface area contributed by atoms with Crippen LogP contribution in [0.1, 0.15) is 15.9 Å². The van der Waals surface area contributed by atoms with E-state index in [9.17, 15) is 9.18 Å². The number of nitrogens with zero attached hydrogens (tertiary/aromatic N) is 2. The predicted octanol–water partition coefficient (Wildman–Crippen LogP) is 2.54. The van der Waals surface area contributed by atoms with Crippen LogP contribution < -0.4 is 0 Å². The molecule has 0 unspecified atom stereocenters. The molecule has 0 radical (unpaired) electrons. The summed E-state index contributed by atoms with van der Waals surface area (Å²) in [4.78, 5) is 10.5. The first kappa shape index (κ1) is 10.8. The number of hydrogen-bond acceptors (Lipinski definition) is 2. The van der Waals surface area contributed by atoms with Gasteiger partial charge in [0.2, 0.25) is 0 Å². The van der Waals surface area contributed by atoms with Crippen LogP contribution in [0.15, 0.2) is 30.6 Å². The highest BCUT2D eigenvalue weighted by molar-refractivity contribution is 6.31. The van der Waals surface area contributed by atoms with Gasteiger partial charge in [-0.3, -0.25) is 9.48 Å². The minimum absolute atomic E-state index is 0.350. The molecule has 82 valence electrons. The lowest BCUT2D eigenvalue weighted by Gasteiger charge is -2.04. The molecule has 1 aromatic heterocycles. The topological polar surface area (TPSA) is 34.9 Å². The lowest BCUT2D eigenvalue weighted by atomic mass is 10.2. The zero-order valence-electron chi connectivity index (χ0n) is 8.23. The van der Waals surface area contributed by atoms with Crippen molar-refractivity contribution in [1.82, 2.24) is 9.78 Å². The minimum atomic E-state index is -0.372. The standard InChI is InChI=1S/C11H8ClFN2O/c12-11-3-10(13)2-1-9(11)6-15-5-8(7-16)4-14-15/h1-5,7H,6H2. The van der Waals surface area contributed by atoms with Gasteiger partial charge in [0.25, 0.3) is 0 Å². The summed E-state index contributed by atoms with van der Waals surface area (Å²) in [5, 5.41) is 4.33. The van der Waals surface area contributed by atoms with Crippen molar-refractivity contribution in [3.05, 3.63) is 52.6 Å². The SMILES string of the molecule is O=Cc1cnn(Cc2ccc(F)cc2Cl)c1. The summed E-state index contributed by atoms with van der Waals surface area (Å²) in [6.45, 7) is 0.410. The van der Waals surface area contributed by atoms with Crippen molar-refractivity contribution in [2.24, 2.45) is 0 Å². The van der Waals surface area contributed by atoms with Gasteiger partial charge in [-0.2, -0.15) is 5.10 Å². The van der Waals surface area contributed by atoms with E-state index in [1.807, 2.05) is 0 Å². The molecule has 2 aromatic rings. The highest BCUT2D eigenvalue weighted by Gasteiger charge is 2.04. The molecule has 16 heavy (non-hydrogen) atoms. The maximum Gasteiger partial charge on any atom is 0.153 e. The fraction of sp³-hybridized carbons (Fsp3) is 0.0909. The number of benzene rings is 1. The third-order valence-corrected chi connectivity index (χ3v) is 2.49. The van der Waals surface area contributed by atoms with Gasteiger partial charge in [0, 0.05) is 11.2 Å². The Morgan fingerprint density at radius 3 is 2.94 bits per heavy atom. The molecule has 0 saturated heterocycles. The fourth-order valence-corrected chi connectivity index (χ4v) is 1.58. The van der Waals surface area contributed by atoms with Gasteiger partial charge in [0.05, 0.1) is 18.3 Å². The molecule has 0 atom stereocenters. The average molecular weight is 239 g/mol. The Hall–Kier alpha value is -1.68. The van der Waals surface area contributed by atoms with Gasteiger partial charge in [-0.1, -0.05) is 17.7 Å². The van der Waals surface area contributed by atoms with E-state index in [4.69, 9.17) is 11.6 Å². The summed E-state index contributed by atoms with van der Waals surface area (Å²) in [6.07, 6.45) is 3.78. The number of aromatic nitrogens is 2. The molecule has 0 saturated carbocycles. The Balaban J connectivity index is 2.23. The average Bonchev–Trinajstić information content (AvgIpc) is 2.70. The summed E-state index contributed by atoms with van der Waals surface area (Å²) < 4.78 is 14.4. The van der Waals surface area contributed by atoms with Crippen LogP contribution in [0.3, 0.4) is 0 Å². The van der Waals surface area contributed by atoms with E-state index >= 15 is 0 Å². The van der Waals surface area contributed by atoms with Crippen LogP contribution in [0.4, 0.5) is 4.39 Å². The Labute approximate surface area is 96.5 Å². The molecule has 2 rings (SSSR count). The summed E-state index contributed by atoms with van der Waals surface area (Å²) in [5.41, 5.74) is 1.25. The van der Waals surface area contributed by atoms with E-state index < -0.39 is 0 Å². The van der Waals surface area contributed by atoms with Crippen LogP contribution in [0.25, 0.3) is 0 Å². The molecule has 0 aliphatic carbocycles. The van der Waals surface area contributed by atoms with Crippen molar-refractivity contribution in [3.8, 4) is 0 Å². The Morgan fingerprint density at radius 2 is 2.31 bits per heavy atom. The van der Waals surface area contributed by atoms with Crippen LogP contribution in [0.5, 0.6) is 0 Å². The van der Waals surface area contributed by atoms with Crippen LogP contribution in [-0.4, -0.2) is 16.1 Å². The van der Waals surface area contributed by atoms with Crippen molar-refractivity contribution in [3.63, 3.8) is 0 Å². The maximum absolute atomic E-state index is 12.8. The molecule has 1 aromatic carbocycles. The zero-order chi connectivity index (χ0) is 11.5. The number of carbonyl (C=O) groups excluding carboxylic acids is 1. The van der Waals surface area contributed by atoms with Gasteiger partial charge in [-0.15, -0.1) is 0 Å². The third kappa shape index (κ3) is 2.28. The summed E-state index contributed by atoms with van der Waals surface area (Å²) in [6, 6.07) is 4.19. The first-order valence-corrected chi connectivity index (χ1v) is 4.98. The van der Waals surface area contributed by atoms with Gasteiger partial charge >= 0.3 is 0 Å². The molecule has 0 aliphatic heterocycles. The predicted molar refractivity (Wildman–Crippen MR) is 58.1 cm³/mol. The largest absolute Gasteiger partial charge is 0.298 e. The van der Waals surface area contributed by atoms with Crippen LogP contribution >= 0.6 is 11.6 Å². The number of aldehydes is 1. The van der Waals surface area contributed by atoms with Gasteiger partial charge in [-0.05, 0) is 17.7 Å². The number of rotatable bonds is 3. The van der Waals surface area contributed by atoms with Gasteiger partial charge in [0.15, 0.2) is 6.29 Å². The van der Waals surface area contributed by atoms with Crippen molar-refractivity contribution < 1.29 is 9.18 Å². The van der Waals surface area contributed by atoms with Gasteiger partial charge in [0.1, 0.15) is 5.82 Å². The zero-order valence-corrected chi connectivity index (χ0v) is 8.99. The summed E-state index contributed by atoms with van der Waals surface area (Å²) in [5.74, 6) is -0.372. The second-order valence-corrected chi connectivity index (χ2v) is 3.73.